The third kappa shape index (κ3) is 3.97. The highest BCUT2D eigenvalue weighted by atomic mass is 19.1. The number of carbonyl (C=O) groups is 2. The molecule has 0 aliphatic carbocycles. The van der Waals surface area contributed by atoms with Crippen LogP contribution < -0.4 is 0 Å². The molecule has 1 atom stereocenters. The van der Waals surface area contributed by atoms with Crippen molar-refractivity contribution in [2.45, 2.75) is 46.1 Å². The van der Waals surface area contributed by atoms with E-state index < -0.39 is 23.5 Å². The molecule has 0 saturated carbocycles. The van der Waals surface area contributed by atoms with Gasteiger partial charge in [0.25, 0.3) is 11.7 Å². The average Bonchev–Trinajstić information content (AvgIpc) is 3.18. The van der Waals surface area contributed by atoms with Crippen LogP contribution in [0.5, 0.6) is 0 Å². The Balaban J connectivity index is 1.77. The van der Waals surface area contributed by atoms with Gasteiger partial charge in [0.1, 0.15) is 11.6 Å². The number of aromatic amines is 1. The Labute approximate surface area is 187 Å². The lowest BCUT2D eigenvalue weighted by molar-refractivity contribution is -0.140. The number of nitrogens with zero attached hydrogens (tertiary/aromatic N) is 2. The minimum Gasteiger partial charge on any atom is -0.507 e. The number of H-pyrrole nitrogens is 1. The van der Waals surface area contributed by atoms with E-state index in [0.29, 0.717) is 24.2 Å². The van der Waals surface area contributed by atoms with E-state index in [9.17, 15) is 19.1 Å². The number of aryl methyl sites for hydroxylation is 2. The van der Waals surface area contributed by atoms with Crippen LogP contribution >= 0.6 is 0 Å². The van der Waals surface area contributed by atoms with Gasteiger partial charge in [-0.25, -0.2) is 4.39 Å². The quantitative estimate of drug-likeness (QED) is 0.420. The summed E-state index contributed by atoms with van der Waals surface area (Å²) in [6.45, 7) is 8.58. The van der Waals surface area contributed by atoms with Gasteiger partial charge in [-0.1, -0.05) is 18.6 Å². The van der Waals surface area contributed by atoms with Crippen molar-refractivity contribution < 1.29 is 19.1 Å². The van der Waals surface area contributed by atoms with E-state index in [1.807, 2.05) is 20.8 Å². The molecule has 1 aromatic heterocycles. The average molecular weight is 440 g/mol. The van der Waals surface area contributed by atoms with Crippen LogP contribution in [0.15, 0.2) is 29.8 Å². The van der Waals surface area contributed by atoms with Crippen LogP contribution in [0.1, 0.15) is 53.4 Å². The van der Waals surface area contributed by atoms with E-state index in [1.54, 1.807) is 12.1 Å². The van der Waals surface area contributed by atoms with E-state index >= 15 is 0 Å². The second-order valence-electron chi connectivity index (χ2n) is 8.82. The summed E-state index contributed by atoms with van der Waals surface area (Å²) in [5, 5.41) is 11.3. The Morgan fingerprint density at radius 3 is 2.28 bits per heavy atom. The first-order chi connectivity index (χ1) is 15.3. The summed E-state index contributed by atoms with van der Waals surface area (Å²) in [4.78, 5) is 33.3. The molecule has 7 heteroatoms. The molecule has 2 aromatic rings. The van der Waals surface area contributed by atoms with Crippen LogP contribution in [0, 0.1) is 26.6 Å². The smallest absolute Gasteiger partial charge is 0.295 e. The highest BCUT2D eigenvalue weighted by molar-refractivity contribution is 6.46. The third-order valence-electron chi connectivity index (χ3n) is 6.76. The zero-order valence-electron chi connectivity index (χ0n) is 18.9. The van der Waals surface area contributed by atoms with E-state index in [-0.39, 0.29) is 11.3 Å². The minimum absolute atomic E-state index is 0.0606. The molecule has 1 unspecified atom stereocenters. The number of rotatable bonds is 5. The van der Waals surface area contributed by atoms with Crippen LogP contribution in [0.2, 0.25) is 0 Å². The molecule has 6 nitrogen and oxygen atoms in total. The fraction of sp³-hybridized carbons (Fsp3) is 0.440. The first-order valence-electron chi connectivity index (χ1n) is 11.2. The van der Waals surface area contributed by atoms with Gasteiger partial charge in [0.05, 0.1) is 11.6 Å². The van der Waals surface area contributed by atoms with Crippen molar-refractivity contribution in [3.8, 4) is 0 Å². The topological polar surface area (TPSA) is 76.6 Å². The van der Waals surface area contributed by atoms with Crippen LogP contribution in [0.3, 0.4) is 0 Å². The van der Waals surface area contributed by atoms with Crippen molar-refractivity contribution >= 4 is 17.4 Å². The van der Waals surface area contributed by atoms with Crippen LogP contribution in [0.4, 0.5) is 4.39 Å². The van der Waals surface area contributed by atoms with Gasteiger partial charge in [0.2, 0.25) is 0 Å². The Morgan fingerprint density at radius 2 is 1.69 bits per heavy atom. The van der Waals surface area contributed by atoms with Gasteiger partial charge >= 0.3 is 0 Å². The normalized spacial score (nSPS) is 21.5. The summed E-state index contributed by atoms with van der Waals surface area (Å²) in [5.74, 6) is -1.90. The van der Waals surface area contributed by atoms with Crippen LogP contribution in [-0.2, 0) is 9.59 Å². The largest absolute Gasteiger partial charge is 0.507 e. The highest BCUT2D eigenvalue weighted by Crippen LogP contribution is 2.40. The number of benzene rings is 1. The van der Waals surface area contributed by atoms with Gasteiger partial charge in [-0.3, -0.25) is 9.59 Å². The summed E-state index contributed by atoms with van der Waals surface area (Å²) in [6.07, 6.45) is 3.47. The number of halogens is 1. The minimum atomic E-state index is -0.755. The third-order valence-corrected chi connectivity index (χ3v) is 6.76. The summed E-state index contributed by atoms with van der Waals surface area (Å²) >= 11 is 0. The Hall–Kier alpha value is -2.93. The number of aliphatic hydroxyl groups is 1. The lowest BCUT2D eigenvalue weighted by Gasteiger charge is -2.31. The maximum Gasteiger partial charge on any atom is 0.295 e. The molecule has 2 N–H and O–H groups in total. The van der Waals surface area contributed by atoms with Gasteiger partial charge < -0.3 is 19.9 Å². The number of Topliss-reactive ketones (excluding diaryl/α,β-unsaturated/α-hetero) is 1. The number of nitrogens with one attached hydrogen (secondary N) is 1. The zero-order valence-corrected chi connectivity index (χ0v) is 18.9. The number of aliphatic hydroxyl groups excluding tert-OH is 1. The van der Waals surface area contributed by atoms with Gasteiger partial charge in [-0.15, -0.1) is 0 Å². The molecule has 170 valence electrons. The van der Waals surface area contributed by atoms with Gasteiger partial charge in [-0.05, 0) is 70.0 Å². The number of likely N-dealkylation sites (tertiary alicyclic amines) is 2. The van der Waals surface area contributed by atoms with E-state index in [1.165, 1.54) is 23.5 Å². The molecule has 32 heavy (non-hydrogen) atoms. The fourth-order valence-corrected chi connectivity index (χ4v) is 4.93. The van der Waals surface area contributed by atoms with E-state index in [0.717, 1.165) is 42.9 Å². The number of amides is 1. The number of carbonyl (C=O) groups excluding carboxylic acids is 2. The second-order valence-corrected chi connectivity index (χ2v) is 8.82. The molecule has 2 fully saturated rings. The molecular formula is C25H30FN3O3. The summed E-state index contributed by atoms with van der Waals surface area (Å²) in [5.41, 5.74) is 3.66. The second kappa shape index (κ2) is 8.90. The van der Waals surface area contributed by atoms with Crippen molar-refractivity contribution in [1.29, 1.82) is 0 Å². The van der Waals surface area contributed by atoms with Crippen molar-refractivity contribution in [2.24, 2.45) is 0 Å². The first-order valence-corrected chi connectivity index (χ1v) is 11.2. The summed E-state index contributed by atoms with van der Waals surface area (Å²) < 4.78 is 13.6. The zero-order chi connectivity index (χ0) is 23.0. The van der Waals surface area contributed by atoms with E-state index in [4.69, 9.17) is 0 Å². The summed E-state index contributed by atoms with van der Waals surface area (Å²) in [7, 11) is 0. The number of aromatic nitrogens is 1. The van der Waals surface area contributed by atoms with Crippen molar-refractivity contribution in [3.63, 3.8) is 0 Å². The maximum absolute atomic E-state index is 13.6. The molecule has 2 aliphatic heterocycles. The lowest BCUT2D eigenvalue weighted by Crippen LogP contribution is -2.39. The lowest BCUT2D eigenvalue weighted by atomic mass is 9.94. The monoisotopic (exact) mass is 439 g/mol. The van der Waals surface area contributed by atoms with Gasteiger partial charge in [-0.2, -0.15) is 0 Å². The molecule has 1 aromatic carbocycles. The molecule has 2 aliphatic rings. The van der Waals surface area contributed by atoms with Crippen LogP contribution in [-0.4, -0.2) is 57.8 Å². The Kier molecular flexibility index (Phi) is 6.20. The van der Waals surface area contributed by atoms with Gasteiger partial charge in [0, 0.05) is 30.0 Å². The molecule has 3 heterocycles. The molecule has 4 rings (SSSR count). The Morgan fingerprint density at radius 1 is 1.03 bits per heavy atom. The van der Waals surface area contributed by atoms with Crippen LogP contribution in [0.25, 0.3) is 5.76 Å². The SMILES string of the molecule is Cc1[nH]c(C)c(/C(O)=C2\C(=O)C(=O)N(CCN3CCCCC3)C2c2ccc(F)cc2)c1C. The predicted octanol–water partition coefficient (Wildman–Crippen LogP) is 3.99. The predicted molar refractivity (Wildman–Crippen MR) is 121 cm³/mol. The highest BCUT2D eigenvalue weighted by Gasteiger charge is 2.46. The number of ketones is 1. The number of hydrogen-bond acceptors (Lipinski definition) is 4. The number of hydrogen-bond donors (Lipinski definition) is 2. The molecule has 1 amide bonds. The standard InChI is InChI=1S/C25H30FN3O3/c1-15-16(2)27-17(3)20(15)23(30)21-22(18-7-9-19(26)10-8-18)29(25(32)24(21)31)14-13-28-11-5-4-6-12-28/h7-10,22,27,30H,4-6,11-14H2,1-3H3/b23-21+. The van der Waals surface area contributed by atoms with Crippen molar-refractivity contribution in [1.82, 2.24) is 14.8 Å². The van der Waals surface area contributed by atoms with Gasteiger partial charge in [0.15, 0.2) is 0 Å². The molecule has 2 saturated heterocycles. The summed E-state index contributed by atoms with van der Waals surface area (Å²) in [6, 6.07) is 5.03. The van der Waals surface area contributed by atoms with Crippen molar-refractivity contribution in [3.05, 3.63) is 63.7 Å². The first kappa shape index (κ1) is 22.3. The maximum atomic E-state index is 13.6. The molecule has 0 radical (unpaired) electrons. The molecule has 0 bridgehead atoms. The van der Waals surface area contributed by atoms with E-state index in [2.05, 4.69) is 9.88 Å². The number of piperidine rings is 1. The van der Waals surface area contributed by atoms with Crippen molar-refractivity contribution in [2.75, 3.05) is 26.2 Å². The Bertz CT molecular complexity index is 1060. The molecular weight excluding hydrogens is 409 g/mol. The fourth-order valence-electron chi connectivity index (χ4n) is 4.93. The molecule has 0 spiro atoms.